The molecule has 2 aliphatic heterocycles. The quantitative estimate of drug-likeness (QED) is 0.917. The summed E-state index contributed by atoms with van der Waals surface area (Å²) in [6, 6.07) is 8.43. The van der Waals surface area contributed by atoms with Crippen molar-refractivity contribution in [3.8, 4) is 0 Å². The van der Waals surface area contributed by atoms with E-state index in [1.165, 1.54) is 35.0 Å². The third-order valence-electron chi connectivity index (χ3n) is 4.79. The van der Waals surface area contributed by atoms with Gasteiger partial charge in [-0.15, -0.1) is 0 Å². The predicted octanol–water partition coefficient (Wildman–Crippen LogP) is 2.15. The monoisotopic (exact) mass is 283 g/mol. The number of amides is 1. The molecule has 1 fully saturated rings. The highest BCUT2D eigenvalue weighted by molar-refractivity contribution is 5.86. The number of H-pyrrole nitrogens is 1. The first-order valence-electron chi connectivity index (χ1n) is 7.90. The van der Waals surface area contributed by atoms with Gasteiger partial charge in [-0.2, -0.15) is 0 Å². The SMILES string of the molecule is O=C(CN1CCCC1)N1CCc2c([nH]c3ccccc23)C1. The van der Waals surface area contributed by atoms with Gasteiger partial charge in [0.25, 0.3) is 0 Å². The van der Waals surface area contributed by atoms with E-state index in [4.69, 9.17) is 0 Å². The van der Waals surface area contributed by atoms with Gasteiger partial charge in [-0.25, -0.2) is 0 Å². The van der Waals surface area contributed by atoms with Crippen molar-refractivity contribution in [1.29, 1.82) is 0 Å². The summed E-state index contributed by atoms with van der Waals surface area (Å²) in [7, 11) is 0. The molecule has 0 spiro atoms. The number of nitrogens with one attached hydrogen (secondary N) is 1. The van der Waals surface area contributed by atoms with Crippen LogP contribution in [-0.2, 0) is 17.8 Å². The maximum atomic E-state index is 12.4. The fourth-order valence-electron chi connectivity index (χ4n) is 3.64. The van der Waals surface area contributed by atoms with Crippen molar-refractivity contribution < 1.29 is 4.79 Å². The van der Waals surface area contributed by atoms with E-state index in [0.29, 0.717) is 6.54 Å². The van der Waals surface area contributed by atoms with Crippen molar-refractivity contribution in [2.24, 2.45) is 0 Å². The molecule has 2 aromatic rings. The van der Waals surface area contributed by atoms with Gasteiger partial charge in [-0.3, -0.25) is 9.69 Å². The lowest BCUT2D eigenvalue weighted by atomic mass is 10.0. The van der Waals surface area contributed by atoms with Crippen LogP contribution in [0.2, 0.25) is 0 Å². The number of hydrogen-bond donors (Lipinski definition) is 1. The zero-order valence-electron chi connectivity index (χ0n) is 12.3. The number of nitrogens with zero attached hydrogens (tertiary/aromatic N) is 2. The van der Waals surface area contributed by atoms with E-state index in [0.717, 1.165) is 32.6 Å². The van der Waals surface area contributed by atoms with Crippen molar-refractivity contribution in [3.63, 3.8) is 0 Å². The molecule has 1 amide bonds. The Hall–Kier alpha value is -1.81. The van der Waals surface area contributed by atoms with Gasteiger partial charge in [0.1, 0.15) is 0 Å². The molecule has 4 rings (SSSR count). The summed E-state index contributed by atoms with van der Waals surface area (Å²) in [4.78, 5) is 20.2. The average molecular weight is 283 g/mol. The van der Waals surface area contributed by atoms with Gasteiger partial charge in [-0.05, 0) is 44.0 Å². The van der Waals surface area contributed by atoms with E-state index in [1.807, 2.05) is 4.90 Å². The molecule has 0 radical (unpaired) electrons. The summed E-state index contributed by atoms with van der Waals surface area (Å²) < 4.78 is 0. The van der Waals surface area contributed by atoms with Crippen LogP contribution >= 0.6 is 0 Å². The van der Waals surface area contributed by atoms with Crippen LogP contribution in [-0.4, -0.2) is 46.9 Å². The lowest BCUT2D eigenvalue weighted by molar-refractivity contribution is -0.133. The highest BCUT2D eigenvalue weighted by atomic mass is 16.2. The van der Waals surface area contributed by atoms with Crippen LogP contribution in [0, 0.1) is 0 Å². The van der Waals surface area contributed by atoms with Crippen molar-refractivity contribution in [2.45, 2.75) is 25.8 Å². The first-order valence-corrected chi connectivity index (χ1v) is 7.90. The summed E-state index contributed by atoms with van der Waals surface area (Å²) in [6.45, 7) is 4.34. The van der Waals surface area contributed by atoms with Crippen LogP contribution in [0.25, 0.3) is 10.9 Å². The molecule has 0 bridgehead atoms. The zero-order chi connectivity index (χ0) is 14.2. The molecule has 0 saturated carbocycles. The van der Waals surface area contributed by atoms with Crippen LogP contribution in [0.1, 0.15) is 24.1 Å². The topological polar surface area (TPSA) is 39.3 Å². The summed E-state index contributed by atoms with van der Waals surface area (Å²) in [5.74, 6) is 0.279. The minimum absolute atomic E-state index is 0.279. The van der Waals surface area contributed by atoms with E-state index >= 15 is 0 Å². The molecule has 21 heavy (non-hydrogen) atoms. The highest BCUT2D eigenvalue weighted by Gasteiger charge is 2.25. The minimum Gasteiger partial charge on any atom is -0.357 e. The second-order valence-electron chi connectivity index (χ2n) is 6.18. The lowest BCUT2D eigenvalue weighted by Crippen LogP contribution is -2.41. The predicted molar refractivity (Wildman–Crippen MR) is 83.1 cm³/mol. The fourth-order valence-corrected chi connectivity index (χ4v) is 3.64. The zero-order valence-corrected chi connectivity index (χ0v) is 12.3. The molecule has 4 nitrogen and oxygen atoms in total. The Labute approximate surface area is 124 Å². The summed E-state index contributed by atoms with van der Waals surface area (Å²) in [5, 5.41) is 1.32. The van der Waals surface area contributed by atoms with Gasteiger partial charge in [0, 0.05) is 23.1 Å². The van der Waals surface area contributed by atoms with Crippen LogP contribution in [0.5, 0.6) is 0 Å². The molecule has 0 aliphatic carbocycles. The number of fused-ring (bicyclic) bond motifs is 3. The molecule has 3 heterocycles. The number of benzene rings is 1. The fraction of sp³-hybridized carbons (Fsp3) is 0.471. The number of aromatic nitrogens is 1. The van der Waals surface area contributed by atoms with Crippen LogP contribution in [0.4, 0.5) is 0 Å². The van der Waals surface area contributed by atoms with Crippen LogP contribution in [0.15, 0.2) is 24.3 Å². The van der Waals surface area contributed by atoms with Crippen molar-refractivity contribution in [3.05, 3.63) is 35.5 Å². The highest BCUT2D eigenvalue weighted by Crippen LogP contribution is 2.27. The Kier molecular flexibility index (Phi) is 3.19. The average Bonchev–Trinajstić information content (AvgIpc) is 3.13. The van der Waals surface area contributed by atoms with Gasteiger partial charge in [0.05, 0.1) is 13.1 Å². The molecule has 4 heteroatoms. The summed E-state index contributed by atoms with van der Waals surface area (Å²) in [6.07, 6.45) is 3.43. The van der Waals surface area contributed by atoms with E-state index in [1.54, 1.807) is 0 Å². The molecule has 1 N–H and O–H groups in total. The van der Waals surface area contributed by atoms with Crippen LogP contribution < -0.4 is 0 Å². The smallest absolute Gasteiger partial charge is 0.237 e. The second-order valence-corrected chi connectivity index (χ2v) is 6.18. The number of rotatable bonds is 2. The van der Waals surface area contributed by atoms with E-state index in [9.17, 15) is 4.79 Å². The van der Waals surface area contributed by atoms with Crippen molar-refractivity contribution in [2.75, 3.05) is 26.2 Å². The molecule has 0 atom stereocenters. The number of para-hydroxylation sites is 1. The molecule has 1 saturated heterocycles. The Morgan fingerprint density at radius 3 is 2.81 bits per heavy atom. The molecule has 110 valence electrons. The Bertz CT molecular complexity index is 670. The van der Waals surface area contributed by atoms with E-state index in [-0.39, 0.29) is 5.91 Å². The largest absolute Gasteiger partial charge is 0.357 e. The van der Waals surface area contributed by atoms with Gasteiger partial charge in [-0.1, -0.05) is 18.2 Å². The molecular weight excluding hydrogens is 262 g/mol. The Morgan fingerprint density at radius 2 is 1.95 bits per heavy atom. The number of carbonyl (C=O) groups is 1. The lowest BCUT2D eigenvalue weighted by Gasteiger charge is -2.28. The molecule has 1 aromatic heterocycles. The maximum absolute atomic E-state index is 12.4. The molecule has 2 aliphatic rings. The van der Waals surface area contributed by atoms with Crippen LogP contribution in [0.3, 0.4) is 0 Å². The third-order valence-corrected chi connectivity index (χ3v) is 4.79. The number of hydrogen-bond acceptors (Lipinski definition) is 2. The third kappa shape index (κ3) is 2.33. The van der Waals surface area contributed by atoms with Gasteiger partial charge in [0.2, 0.25) is 5.91 Å². The van der Waals surface area contributed by atoms with E-state index < -0.39 is 0 Å². The number of aromatic amines is 1. The van der Waals surface area contributed by atoms with Crippen molar-refractivity contribution >= 4 is 16.8 Å². The van der Waals surface area contributed by atoms with Gasteiger partial charge >= 0.3 is 0 Å². The Morgan fingerprint density at radius 1 is 1.14 bits per heavy atom. The number of carbonyl (C=O) groups excluding carboxylic acids is 1. The molecule has 0 unspecified atom stereocenters. The van der Waals surface area contributed by atoms with E-state index in [2.05, 4.69) is 34.1 Å². The maximum Gasteiger partial charge on any atom is 0.237 e. The second kappa shape index (κ2) is 5.19. The summed E-state index contributed by atoms with van der Waals surface area (Å²) >= 11 is 0. The first-order chi connectivity index (χ1) is 10.3. The minimum atomic E-state index is 0.279. The normalized spacial score (nSPS) is 19.1. The molecule has 1 aromatic carbocycles. The summed E-state index contributed by atoms with van der Waals surface area (Å²) in [5.41, 5.74) is 3.81. The van der Waals surface area contributed by atoms with Crippen molar-refractivity contribution in [1.82, 2.24) is 14.8 Å². The first kappa shape index (κ1) is 12.9. The number of likely N-dealkylation sites (tertiary alicyclic amines) is 1. The van der Waals surface area contributed by atoms with Gasteiger partial charge in [0.15, 0.2) is 0 Å². The standard InChI is InChI=1S/C17H21N3O/c21-17(12-19-8-3-4-9-19)20-10-7-14-13-5-1-2-6-15(13)18-16(14)11-20/h1-2,5-6,18H,3-4,7-12H2. The molecular formula is C17H21N3O. The Balaban J connectivity index is 1.52. The van der Waals surface area contributed by atoms with Gasteiger partial charge < -0.3 is 9.88 Å².